The van der Waals surface area contributed by atoms with Crippen LogP contribution >= 0.6 is 35.3 Å². The number of thioether (sulfide) groups is 3. The van der Waals surface area contributed by atoms with Gasteiger partial charge in [-0.3, -0.25) is 9.69 Å². The summed E-state index contributed by atoms with van der Waals surface area (Å²) >= 11 is 4.50. The minimum atomic E-state index is -1.09. The molecule has 0 unspecified atom stereocenters. The summed E-state index contributed by atoms with van der Waals surface area (Å²) in [5, 5.41) is 18.9. The van der Waals surface area contributed by atoms with Crippen molar-refractivity contribution in [3.8, 4) is 0 Å². The van der Waals surface area contributed by atoms with Crippen LogP contribution in [0.3, 0.4) is 0 Å². The molecular weight excluding hydrogens is 380 g/mol. The first-order valence-corrected chi connectivity index (χ1v) is 10.8. The van der Waals surface area contributed by atoms with Crippen molar-refractivity contribution in [1.82, 2.24) is 4.90 Å². The average Bonchev–Trinajstić information content (AvgIpc) is 2.89. The van der Waals surface area contributed by atoms with E-state index in [9.17, 15) is 19.8 Å². The topological polar surface area (TPSA) is 81.7 Å². The molecule has 1 aromatic heterocycles. The van der Waals surface area contributed by atoms with E-state index in [2.05, 4.69) is 0 Å². The number of fused-ring (bicyclic) bond motifs is 1. The molecule has 1 aromatic rings. The Morgan fingerprint density at radius 1 is 1.44 bits per heavy atom. The maximum absolute atomic E-state index is 12.1. The van der Waals surface area contributed by atoms with Crippen LogP contribution in [0.25, 0.3) is 0 Å². The van der Waals surface area contributed by atoms with Gasteiger partial charge in [0.2, 0.25) is 5.91 Å². The molecule has 0 spiro atoms. The molecule has 6 nitrogen and oxygen atoms in total. The molecule has 25 heavy (non-hydrogen) atoms. The molecular formula is C16H19N2O4S3+. The second-order valence-corrected chi connectivity index (χ2v) is 9.12. The largest absolute Gasteiger partial charge is 0.477 e. The number of aryl methyl sites for hydroxylation is 1. The van der Waals surface area contributed by atoms with Crippen molar-refractivity contribution < 1.29 is 24.4 Å². The third-order valence-corrected chi connectivity index (χ3v) is 7.53. The van der Waals surface area contributed by atoms with Gasteiger partial charge >= 0.3 is 5.97 Å². The zero-order valence-electron chi connectivity index (χ0n) is 13.8. The highest BCUT2D eigenvalue weighted by molar-refractivity contribution is 8.22. The van der Waals surface area contributed by atoms with E-state index in [1.165, 1.54) is 33.3 Å². The number of nitrogens with zero attached hydrogens (tertiary/aromatic N) is 2. The number of aromatic nitrogens is 1. The molecule has 0 aliphatic carbocycles. The molecule has 1 fully saturated rings. The SMILES string of the molecule is CSc1cc[n+](CCSC2=C(C(=O)O)N3C(=O)[C@H]([C@@H](C)O)[C@H]3S2)cc1. The number of carboxylic acid groups (broad SMARTS) is 1. The summed E-state index contributed by atoms with van der Waals surface area (Å²) in [5.41, 5.74) is 0.0598. The summed E-state index contributed by atoms with van der Waals surface area (Å²) in [7, 11) is 0. The second-order valence-electron chi connectivity index (χ2n) is 5.75. The lowest BCUT2D eigenvalue weighted by molar-refractivity contribution is -0.692. The van der Waals surface area contributed by atoms with Gasteiger partial charge in [-0.05, 0) is 13.2 Å². The molecule has 2 aliphatic heterocycles. The minimum absolute atomic E-state index is 0.0598. The number of amides is 1. The normalized spacial score (nSPS) is 23.5. The van der Waals surface area contributed by atoms with Gasteiger partial charge in [0.1, 0.15) is 5.37 Å². The number of hydrogen-bond acceptors (Lipinski definition) is 6. The Bertz CT molecular complexity index is 721. The molecule has 0 aromatic carbocycles. The van der Waals surface area contributed by atoms with Gasteiger partial charge in [-0.25, -0.2) is 9.36 Å². The lowest BCUT2D eigenvalue weighted by atomic mass is 9.92. The lowest BCUT2D eigenvalue weighted by Gasteiger charge is -2.43. The highest BCUT2D eigenvalue weighted by atomic mass is 32.2. The summed E-state index contributed by atoms with van der Waals surface area (Å²) in [6.07, 6.45) is 5.26. The van der Waals surface area contributed by atoms with Crippen LogP contribution in [0.2, 0.25) is 0 Å². The third kappa shape index (κ3) is 3.55. The number of carbonyl (C=O) groups is 2. The Morgan fingerprint density at radius 2 is 2.12 bits per heavy atom. The van der Waals surface area contributed by atoms with Gasteiger partial charge in [0.05, 0.1) is 22.0 Å². The minimum Gasteiger partial charge on any atom is -0.477 e. The zero-order chi connectivity index (χ0) is 18.1. The zero-order valence-corrected chi connectivity index (χ0v) is 16.2. The van der Waals surface area contributed by atoms with E-state index in [0.717, 1.165) is 6.54 Å². The fraction of sp³-hybridized carbons (Fsp3) is 0.438. The molecule has 2 N–H and O–H groups in total. The maximum Gasteiger partial charge on any atom is 0.354 e. The van der Waals surface area contributed by atoms with Crippen LogP contribution in [0, 0.1) is 5.92 Å². The highest BCUT2D eigenvalue weighted by Crippen LogP contribution is 2.53. The standard InChI is InChI=1S/C16H18N2O4S3/c1-9(19)11-13(20)18-12(15(21)22)16(25-14(11)18)24-8-7-17-5-3-10(23-2)4-6-17/h3-6,9,11,14,19H,7-8H2,1-2H3/p+1/t9-,11+,14-/m1/s1. The Balaban J connectivity index is 1.65. The molecule has 0 saturated carbocycles. The van der Waals surface area contributed by atoms with Crippen LogP contribution in [0.4, 0.5) is 0 Å². The van der Waals surface area contributed by atoms with Gasteiger partial charge in [-0.1, -0.05) is 11.8 Å². The highest BCUT2D eigenvalue weighted by Gasteiger charge is 2.57. The van der Waals surface area contributed by atoms with Crippen molar-refractivity contribution >= 4 is 47.2 Å². The van der Waals surface area contributed by atoms with Gasteiger partial charge in [0, 0.05) is 17.0 Å². The van der Waals surface area contributed by atoms with Gasteiger partial charge in [-0.15, -0.1) is 23.5 Å². The molecule has 3 atom stereocenters. The van der Waals surface area contributed by atoms with E-state index >= 15 is 0 Å². The first kappa shape index (κ1) is 18.6. The monoisotopic (exact) mass is 399 g/mol. The quantitative estimate of drug-likeness (QED) is 0.409. The summed E-state index contributed by atoms with van der Waals surface area (Å²) in [6.45, 7) is 2.32. The summed E-state index contributed by atoms with van der Waals surface area (Å²) in [6, 6.07) is 4.08. The molecule has 2 aliphatic rings. The number of aliphatic carboxylic acids is 1. The van der Waals surface area contributed by atoms with E-state index < -0.39 is 18.0 Å². The number of hydrogen-bond donors (Lipinski definition) is 2. The smallest absolute Gasteiger partial charge is 0.354 e. The summed E-state index contributed by atoms with van der Waals surface area (Å²) < 4.78 is 2.70. The first-order chi connectivity index (χ1) is 11.9. The molecule has 3 rings (SSSR count). The molecule has 1 saturated heterocycles. The van der Waals surface area contributed by atoms with E-state index in [4.69, 9.17) is 0 Å². The Kier molecular flexibility index (Phi) is 5.67. The maximum atomic E-state index is 12.1. The van der Waals surface area contributed by atoms with Crippen molar-refractivity contribution in [1.29, 1.82) is 0 Å². The van der Waals surface area contributed by atoms with Gasteiger partial charge in [0.15, 0.2) is 24.6 Å². The Labute approximate surface area is 158 Å². The number of aliphatic hydroxyl groups is 1. The van der Waals surface area contributed by atoms with Crippen molar-refractivity contribution in [3.63, 3.8) is 0 Å². The Morgan fingerprint density at radius 3 is 2.68 bits per heavy atom. The number of carboxylic acids is 1. The number of aliphatic hydroxyl groups excluding tert-OH is 1. The fourth-order valence-electron chi connectivity index (χ4n) is 2.82. The van der Waals surface area contributed by atoms with Crippen LogP contribution in [0.5, 0.6) is 0 Å². The third-order valence-electron chi connectivity index (χ3n) is 4.15. The van der Waals surface area contributed by atoms with Crippen molar-refractivity contribution in [2.75, 3.05) is 12.0 Å². The van der Waals surface area contributed by atoms with Crippen LogP contribution in [-0.2, 0) is 16.1 Å². The number of pyridine rings is 1. The average molecular weight is 400 g/mol. The predicted octanol–water partition coefficient (Wildman–Crippen LogP) is 1.59. The Hall–Kier alpha value is -1.16. The van der Waals surface area contributed by atoms with Gasteiger partial charge in [0.25, 0.3) is 0 Å². The van der Waals surface area contributed by atoms with E-state index in [1.807, 2.05) is 35.3 Å². The van der Waals surface area contributed by atoms with Gasteiger partial charge < -0.3 is 10.2 Å². The lowest BCUT2D eigenvalue weighted by Crippen LogP contribution is -2.60. The van der Waals surface area contributed by atoms with Crippen LogP contribution in [-0.4, -0.2) is 50.5 Å². The van der Waals surface area contributed by atoms with E-state index in [1.54, 1.807) is 18.7 Å². The van der Waals surface area contributed by atoms with Crippen molar-refractivity contribution in [2.24, 2.45) is 5.92 Å². The van der Waals surface area contributed by atoms with Crippen molar-refractivity contribution in [3.05, 3.63) is 34.5 Å². The van der Waals surface area contributed by atoms with Gasteiger partial charge in [-0.2, -0.15) is 0 Å². The molecule has 3 heterocycles. The fourth-order valence-corrected chi connectivity index (χ4v) is 6.17. The summed E-state index contributed by atoms with van der Waals surface area (Å²) in [4.78, 5) is 26.2. The molecule has 0 radical (unpaired) electrons. The number of carbonyl (C=O) groups excluding carboxylic acids is 1. The van der Waals surface area contributed by atoms with E-state index in [0.29, 0.717) is 9.99 Å². The summed E-state index contributed by atoms with van der Waals surface area (Å²) in [5.74, 6) is -1.21. The molecule has 134 valence electrons. The predicted molar refractivity (Wildman–Crippen MR) is 98.9 cm³/mol. The molecule has 0 bridgehead atoms. The second kappa shape index (κ2) is 7.61. The van der Waals surface area contributed by atoms with E-state index in [-0.39, 0.29) is 17.0 Å². The first-order valence-electron chi connectivity index (χ1n) is 7.75. The van der Waals surface area contributed by atoms with Crippen molar-refractivity contribution in [2.45, 2.75) is 29.8 Å². The number of rotatable bonds is 7. The number of β-lactam (4-membered cyclic amide) rings is 1. The van der Waals surface area contributed by atoms with Crippen LogP contribution < -0.4 is 4.57 Å². The van der Waals surface area contributed by atoms with Crippen LogP contribution in [0.15, 0.2) is 39.4 Å². The molecule has 1 amide bonds. The molecule has 9 heteroatoms. The van der Waals surface area contributed by atoms with Crippen LogP contribution in [0.1, 0.15) is 6.92 Å².